The highest BCUT2D eigenvalue weighted by Crippen LogP contribution is 2.16. The first-order valence-electron chi connectivity index (χ1n) is 8.62. The molecule has 2 N–H and O–H groups in total. The topological polar surface area (TPSA) is 102 Å². The van der Waals surface area contributed by atoms with E-state index < -0.39 is 15.8 Å². The van der Waals surface area contributed by atoms with Gasteiger partial charge in [-0.25, -0.2) is 32.5 Å². The van der Waals surface area contributed by atoms with Crippen LogP contribution in [0.4, 0.5) is 10.2 Å². The molecule has 0 aliphatic rings. The summed E-state index contributed by atoms with van der Waals surface area (Å²) in [4.78, 5) is 12.8. The van der Waals surface area contributed by atoms with E-state index in [-0.39, 0.29) is 11.4 Å². The minimum atomic E-state index is -3.80. The molecule has 3 rings (SSSR count). The van der Waals surface area contributed by atoms with E-state index in [1.807, 2.05) is 11.5 Å². The highest BCUT2D eigenvalue weighted by Gasteiger charge is 2.17. The monoisotopic (exact) mass is 404 g/mol. The van der Waals surface area contributed by atoms with E-state index in [1.54, 1.807) is 32.3 Å². The summed E-state index contributed by atoms with van der Waals surface area (Å²) in [5.41, 5.74) is 0.480. The van der Waals surface area contributed by atoms with Crippen LogP contribution in [-0.2, 0) is 10.0 Å². The van der Waals surface area contributed by atoms with Crippen molar-refractivity contribution in [1.82, 2.24) is 24.2 Å². The summed E-state index contributed by atoms with van der Waals surface area (Å²) in [6.45, 7) is 5.67. The summed E-state index contributed by atoms with van der Waals surface area (Å²) in [5, 5.41) is 3.07. The van der Waals surface area contributed by atoms with Crippen molar-refractivity contribution in [2.24, 2.45) is 0 Å². The van der Waals surface area contributed by atoms with Crippen molar-refractivity contribution >= 4 is 15.8 Å². The number of halogens is 1. The maximum Gasteiger partial charge on any atom is 0.240 e. The number of anilines is 1. The molecule has 0 saturated carbocycles. The lowest BCUT2D eigenvalue weighted by Crippen LogP contribution is -2.29. The normalized spacial score (nSPS) is 11.6. The van der Waals surface area contributed by atoms with E-state index in [9.17, 15) is 12.8 Å². The fourth-order valence-corrected chi connectivity index (χ4v) is 3.99. The zero-order valence-electron chi connectivity index (χ0n) is 15.8. The fraction of sp³-hybridized carbons (Fsp3) is 0.278. The number of rotatable bonds is 7. The van der Waals surface area contributed by atoms with Gasteiger partial charge in [0.1, 0.15) is 29.1 Å². The second-order valence-electron chi connectivity index (χ2n) is 6.24. The van der Waals surface area contributed by atoms with Gasteiger partial charge in [-0.2, -0.15) is 0 Å². The molecule has 2 heterocycles. The predicted octanol–water partition coefficient (Wildman–Crippen LogP) is 2.12. The van der Waals surface area contributed by atoms with Crippen LogP contribution in [0.15, 0.2) is 41.6 Å². The third-order valence-corrected chi connectivity index (χ3v) is 5.66. The van der Waals surface area contributed by atoms with E-state index in [0.29, 0.717) is 29.6 Å². The number of imidazole rings is 1. The van der Waals surface area contributed by atoms with Crippen molar-refractivity contribution in [3.05, 3.63) is 59.7 Å². The molecule has 0 saturated heterocycles. The lowest BCUT2D eigenvalue weighted by atomic mass is 10.2. The Balaban J connectivity index is 1.65. The van der Waals surface area contributed by atoms with E-state index in [2.05, 4.69) is 25.0 Å². The van der Waals surface area contributed by atoms with Gasteiger partial charge in [0.25, 0.3) is 0 Å². The number of nitrogens with one attached hydrogen (secondary N) is 2. The molecule has 8 nitrogen and oxygen atoms in total. The molecule has 148 valence electrons. The lowest BCUT2D eigenvalue weighted by molar-refractivity contribution is 0.578. The van der Waals surface area contributed by atoms with Gasteiger partial charge in [0.2, 0.25) is 10.0 Å². The number of aryl methyl sites for hydroxylation is 3. The second kappa shape index (κ2) is 8.03. The van der Waals surface area contributed by atoms with Gasteiger partial charge < -0.3 is 5.32 Å². The average molecular weight is 404 g/mol. The molecule has 0 bridgehead atoms. The second-order valence-corrected chi connectivity index (χ2v) is 7.97. The molecule has 0 amide bonds. The Labute approximate surface area is 162 Å². The Morgan fingerprint density at radius 1 is 1.11 bits per heavy atom. The van der Waals surface area contributed by atoms with Crippen molar-refractivity contribution in [2.75, 3.05) is 18.4 Å². The number of nitrogens with zero attached hydrogens (tertiary/aromatic N) is 4. The molecular weight excluding hydrogens is 383 g/mol. The highest BCUT2D eigenvalue weighted by molar-refractivity contribution is 7.89. The van der Waals surface area contributed by atoms with Gasteiger partial charge >= 0.3 is 0 Å². The summed E-state index contributed by atoms with van der Waals surface area (Å²) in [6.07, 6.45) is 3.49. The molecule has 3 aromatic rings. The maximum atomic E-state index is 13.4. The van der Waals surface area contributed by atoms with Crippen molar-refractivity contribution in [3.8, 4) is 5.82 Å². The smallest absolute Gasteiger partial charge is 0.240 e. The molecule has 0 aliphatic heterocycles. The first-order valence-corrected chi connectivity index (χ1v) is 10.1. The molecule has 1 aromatic carbocycles. The number of hydrogen-bond donors (Lipinski definition) is 2. The number of benzene rings is 1. The minimum absolute atomic E-state index is 0.0664. The lowest BCUT2D eigenvalue weighted by Gasteiger charge is -2.12. The standard InChI is InChI=1S/C18H21FN6O2S/c1-12-4-5-15(19)10-16(12)28(26,27)22-7-6-21-17-11-18(24-13(2)23-17)25-9-8-20-14(25)3/h4-5,8-11,22H,6-7H2,1-3H3,(H,21,23,24). The Bertz CT molecular complexity index is 1100. The largest absolute Gasteiger partial charge is 0.369 e. The van der Waals surface area contributed by atoms with Crippen LogP contribution in [0.2, 0.25) is 0 Å². The van der Waals surface area contributed by atoms with Crippen LogP contribution in [0.25, 0.3) is 5.82 Å². The number of hydrogen-bond acceptors (Lipinski definition) is 6. The van der Waals surface area contributed by atoms with E-state index in [4.69, 9.17) is 0 Å². The molecular formula is C18H21FN6O2S. The van der Waals surface area contributed by atoms with Crippen LogP contribution < -0.4 is 10.0 Å². The van der Waals surface area contributed by atoms with Crippen LogP contribution in [0, 0.1) is 26.6 Å². The molecule has 0 radical (unpaired) electrons. The molecule has 0 fully saturated rings. The van der Waals surface area contributed by atoms with Crippen LogP contribution in [0.3, 0.4) is 0 Å². The van der Waals surface area contributed by atoms with Crippen molar-refractivity contribution in [3.63, 3.8) is 0 Å². The molecule has 0 unspecified atom stereocenters. The number of aromatic nitrogens is 4. The predicted molar refractivity (Wildman–Crippen MR) is 103 cm³/mol. The van der Waals surface area contributed by atoms with Gasteiger partial charge in [0.05, 0.1) is 4.90 Å². The summed E-state index contributed by atoms with van der Waals surface area (Å²) in [7, 11) is -3.80. The van der Waals surface area contributed by atoms with Crippen molar-refractivity contribution < 1.29 is 12.8 Å². The molecule has 2 aromatic heterocycles. The van der Waals surface area contributed by atoms with Crippen LogP contribution >= 0.6 is 0 Å². The van der Waals surface area contributed by atoms with E-state index in [0.717, 1.165) is 11.9 Å². The quantitative estimate of drug-likeness (QED) is 0.585. The SMILES string of the molecule is Cc1nc(NCCNS(=O)(=O)c2cc(F)ccc2C)cc(-n2ccnc2C)n1. The summed E-state index contributed by atoms with van der Waals surface area (Å²) < 4.78 is 42.4. The van der Waals surface area contributed by atoms with Gasteiger partial charge in [-0.1, -0.05) is 6.07 Å². The van der Waals surface area contributed by atoms with Gasteiger partial charge in [-0.05, 0) is 38.5 Å². The van der Waals surface area contributed by atoms with Crippen LogP contribution in [0.1, 0.15) is 17.2 Å². The molecule has 0 aliphatic carbocycles. The zero-order valence-corrected chi connectivity index (χ0v) is 16.6. The van der Waals surface area contributed by atoms with E-state index >= 15 is 0 Å². The summed E-state index contributed by atoms with van der Waals surface area (Å²) in [6, 6.07) is 5.43. The molecule has 10 heteroatoms. The van der Waals surface area contributed by atoms with Gasteiger partial charge in [-0.3, -0.25) is 4.57 Å². The van der Waals surface area contributed by atoms with Crippen molar-refractivity contribution in [1.29, 1.82) is 0 Å². The first kappa shape index (κ1) is 19.9. The Kier molecular flexibility index (Phi) is 5.71. The van der Waals surface area contributed by atoms with Gasteiger partial charge in [0, 0.05) is 31.5 Å². The third kappa shape index (κ3) is 4.52. The average Bonchev–Trinajstić information content (AvgIpc) is 3.06. The van der Waals surface area contributed by atoms with Gasteiger partial charge in [-0.15, -0.1) is 0 Å². The molecule has 28 heavy (non-hydrogen) atoms. The Morgan fingerprint density at radius 2 is 1.89 bits per heavy atom. The zero-order chi connectivity index (χ0) is 20.3. The van der Waals surface area contributed by atoms with Crippen LogP contribution in [-0.4, -0.2) is 41.0 Å². The van der Waals surface area contributed by atoms with Crippen LogP contribution in [0.5, 0.6) is 0 Å². The highest BCUT2D eigenvalue weighted by atomic mass is 32.2. The molecule has 0 atom stereocenters. The van der Waals surface area contributed by atoms with Crippen molar-refractivity contribution in [2.45, 2.75) is 25.7 Å². The minimum Gasteiger partial charge on any atom is -0.369 e. The Morgan fingerprint density at radius 3 is 2.61 bits per heavy atom. The van der Waals surface area contributed by atoms with Gasteiger partial charge in [0.15, 0.2) is 0 Å². The van der Waals surface area contributed by atoms with E-state index in [1.165, 1.54) is 12.1 Å². The summed E-state index contributed by atoms with van der Waals surface area (Å²) in [5.74, 6) is 2.01. The maximum absolute atomic E-state index is 13.4. The Hall–Kier alpha value is -2.85. The summed E-state index contributed by atoms with van der Waals surface area (Å²) >= 11 is 0. The molecule has 0 spiro atoms. The number of sulfonamides is 1. The third-order valence-electron chi connectivity index (χ3n) is 4.06. The first-order chi connectivity index (χ1) is 13.3. The fourth-order valence-electron chi connectivity index (χ4n) is 2.70.